The van der Waals surface area contributed by atoms with Crippen LogP contribution >= 0.6 is 11.6 Å². The van der Waals surface area contributed by atoms with Gasteiger partial charge < -0.3 is 0 Å². The minimum Gasteiger partial charge on any atom is -0.289 e. The fourth-order valence-corrected chi connectivity index (χ4v) is 6.68. The molecule has 0 atom stereocenters. The Bertz CT molecular complexity index is 2200. The van der Waals surface area contributed by atoms with Gasteiger partial charge >= 0.3 is 0 Å². The van der Waals surface area contributed by atoms with Gasteiger partial charge in [0.15, 0.2) is 11.6 Å². The number of rotatable bonds is 6. The predicted molar refractivity (Wildman–Crippen MR) is 228 cm³/mol. The van der Waals surface area contributed by atoms with Gasteiger partial charge in [-0.25, -0.2) is 0 Å². The van der Waals surface area contributed by atoms with Crippen molar-refractivity contribution < 1.29 is 9.59 Å². The van der Waals surface area contributed by atoms with Crippen LogP contribution in [-0.4, -0.2) is 11.6 Å². The number of hydrogen-bond donors (Lipinski definition) is 0. The highest BCUT2D eigenvalue weighted by atomic mass is 35.5. The minimum absolute atomic E-state index is 0.0773. The molecule has 0 aliphatic heterocycles. The van der Waals surface area contributed by atoms with Gasteiger partial charge in [0, 0.05) is 22.3 Å². The summed E-state index contributed by atoms with van der Waals surface area (Å²) in [5.74, 6) is 0.164. The maximum absolute atomic E-state index is 13.4. The Hall–Kier alpha value is -5.07. The van der Waals surface area contributed by atoms with E-state index < -0.39 is 0 Å². The summed E-state index contributed by atoms with van der Waals surface area (Å²) < 4.78 is 0. The van der Waals surface area contributed by atoms with E-state index in [1.807, 2.05) is 120 Å². The van der Waals surface area contributed by atoms with E-state index in [1.165, 1.54) is 0 Å². The number of Topliss-reactive ketones (excluding diaryl/α,β-unsaturated/α-hetero) is 2. The molecular formula is C48H53ClN4O2. The third kappa shape index (κ3) is 9.79. The summed E-state index contributed by atoms with van der Waals surface area (Å²) in [7, 11) is 0. The predicted octanol–water partition coefficient (Wildman–Crippen LogP) is 14.7. The van der Waals surface area contributed by atoms with Gasteiger partial charge in [-0.3, -0.25) is 9.59 Å². The van der Waals surface area contributed by atoms with Crippen LogP contribution < -0.4 is 0 Å². The number of halogens is 1. The van der Waals surface area contributed by atoms with Gasteiger partial charge in [0.25, 0.3) is 0 Å². The summed E-state index contributed by atoms with van der Waals surface area (Å²) in [6, 6.07) is 21.8. The average Bonchev–Trinajstić information content (AvgIpc) is 3.08. The zero-order valence-corrected chi connectivity index (χ0v) is 35.1. The molecule has 0 heterocycles. The summed E-state index contributed by atoms with van der Waals surface area (Å²) in [6.07, 6.45) is 11.1. The molecule has 0 saturated carbocycles. The van der Waals surface area contributed by atoms with Crippen LogP contribution in [0.25, 0.3) is 22.3 Å². The first-order chi connectivity index (χ1) is 25.5. The summed E-state index contributed by atoms with van der Waals surface area (Å²) in [5, 5.41) is 18.3. The topological polar surface area (TPSA) is 83.6 Å². The molecule has 3 aromatic carbocycles. The van der Waals surface area contributed by atoms with Crippen LogP contribution in [0.4, 0.5) is 11.4 Å². The molecule has 0 amide bonds. The lowest BCUT2D eigenvalue weighted by Crippen LogP contribution is -2.27. The highest BCUT2D eigenvalue weighted by Crippen LogP contribution is 2.42. The molecule has 5 rings (SSSR count). The van der Waals surface area contributed by atoms with E-state index in [4.69, 9.17) is 11.6 Å². The van der Waals surface area contributed by atoms with Gasteiger partial charge in [0.05, 0.1) is 23.1 Å². The molecule has 6 nitrogen and oxygen atoms in total. The Labute approximate surface area is 332 Å². The standard InChI is InChI=1S/C48H53ClN4O2/c1-45(2,3)37-22-30(23-38(43(37)54)46(4,5)6)28-50-52-34-19-20-35(36(27-34)32-16-14-13-15-17-32)33-18-21-42(41(49)26-33)53-51-29-31-24-39(47(7,8)9)44(55)40(25-31)48(10,11)12/h13-29H,1-12H3/b52-50+,53-51+. The van der Waals surface area contributed by atoms with E-state index in [0.717, 1.165) is 55.7 Å². The van der Waals surface area contributed by atoms with Crippen molar-refractivity contribution in [2.45, 2.75) is 83.1 Å². The molecule has 0 N–H and O–H groups in total. The van der Waals surface area contributed by atoms with Crippen molar-refractivity contribution in [1.29, 1.82) is 0 Å². The fourth-order valence-electron chi connectivity index (χ4n) is 6.46. The van der Waals surface area contributed by atoms with E-state index in [1.54, 1.807) is 12.4 Å². The van der Waals surface area contributed by atoms with Crippen molar-refractivity contribution >= 4 is 34.5 Å². The van der Waals surface area contributed by atoms with Crippen molar-refractivity contribution in [3.05, 3.63) is 142 Å². The molecule has 0 spiro atoms. The molecule has 284 valence electrons. The van der Waals surface area contributed by atoms with Gasteiger partial charge in [-0.1, -0.05) is 137 Å². The van der Waals surface area contributed by atoms with Crippen molar-refractivity contribution in [3.63, 3.8) is 0 Å². The average molecular weight is 753 g/mol. The Kier molecular flexibility index (Phi) is 11.6. The summed E-state index contributed by atoms with van der Waals surface area (Å²) >= 11 is 6.83. The number of azo groups is 2. The van der Waals surface area contributed by atoms with Crippen LogP contribution in [0.3, 0.4) is 0 Å². The SMILES string of the molecule is CC(C)(C)C1=CC(=C/N=N/c2ccc(-c3ccc(/N=N/C=C4C=C(C(C)(C)C)C(=O)C(C(C)(C)C)=C4)c(Cl)c3)c(-c3ccccc3)c2)C=C(C(C)(C)C)C1=O. The first-order valence-corrected chi connectivity index (χ1v) is 19.1. The van der Waals surface area contributed by atoms with Gasteiger partial charge in [0.2, 0.25) is 0 Å². The van der Waals surface area contributed by atoms with E-state index in [9.17, 15) is 9.59 Å². The molecule has 0 saturated heterocycles. The second-order valence-corrected chi connectivity index (χ2v) is 18.7. The monoisotopic (exact) mass is 752 g/mol. The summed E-state index contributed by atoms with van der Waals surface area (Å²) in [6.45, 7) is 24.6. The molecule has 7 heteroatoms. The maximum atomic E-state index is 13.4. The van der Waals surface area contributed by atoms with Crippen molar-refractivity contribution in [3.8, 4) is 22.3 Å². The Morgan fingerprint density at radius 1 is 0.491 bits per heavy atom. The number of hydrogen-bond acceptors (Lipinski definition) is 6. The second-order valence-electron chi connectivity index (χ2n) is 18.3. The second kappa shape index (κ2) is 15.6. The quantitative estimate of drug-likeness (QED) is 0.235. The van der Waals surface area contributed by atoms with Crippen LogP contribution in [-0.2, 0) is 9.59 Å². The van der Waals surface area contributed by atoms with Crippen molar-refractivity contribution in [2.75, 3.05) is 0 Å². The van der Waals surface area contributed by atoms with Crippen LogP contribution in [0.5, 0.6) is 0 Å². The Balaban J connectivity index is 1.47. The lowest BCUT2D eigenvalue weighted by atomic mass is 9.72. The van der Waals surface area contributed by atoms with Gasteiger partial charge in [-0.05, 0) is 104 Å². The highest BCUT2D eigenvalue weighted by Gasteiger charge is 2.35. The number of carbonyl (C=O) groups excluding carboxylic acids is 2. The zero-order chi connectivity index (χ0) is 40.5. The minimum atomic E-state index is -0.311. The van der Waals surface area contributed by atoms with Crippen molar-refractivity contribution in [1.82, 2.24) is 0 Å². The Morgan fingerprint density at radius 3 is 1.38 bits per heavy atom. The number of benzene rings is 3. The number of allylic oxidation sites excluding steroid dienone is 10. The Morgan fingerprint density at radius 2 is 0.945 bits per heavy atom. The largest absolute Gasteiger partial charge is 0.289 e. The summed E-state index contributed by atoms with van der Waals surface area (Å²) in [4.78, 5) is 26.7. The van der Waals surface area contributed by atoms with Gasteiger partial charge in [-0.2, -0.15) is 15.3 Å². The number of nitrogens with zero attached hydrogens (tertiary/aromatic N) is 4. The first-order valence-electron chi connectivity index (χ1n) is 18.7. The first kappa shape index (κ1) is 41.1. The highest BCUT2D eigenvalue weighted by molar-refractivity contribution is 6.33. The molecule has 0 unspecified atom stereocenters. The number of carbonyl (C=O) groups is 2. The third-order valence-corrected chi connectivity index (χ3v) is 9.86. The van der Waals surface area contributed by atoms with E-state index in [0.29, 0.717) is 16.4 Å². The molecule has 0 fully saturated rings. The molecule has 55 heavy (non-hydrogen) atoms. The van der Waals surface area contributed by atoms with E-state index in [-0.39, 0.29) is 33.2 Å². The van der Waals surface area contributed by atoms with Crippen LogP contribution in [0.1, 0.15) is 83.1 Å². The van der Waals surface area contributed by atoms with Gasteiger partial charge in [0.1, 0.15) is 5.69 Å². The number of ketones is 2. The third-order valence-electron chi connectivity index (χ3n) is 9.55. The van der Waals surface area contributed by atoms with Crippen molar-refractivity contribution in [2.24, 2.45) is 42.1 Å². The molecule has 0 aromatic heterocycles. The lowest BCUT2D eigenvalue weighted by molar-refractivity contribution is -0.114. The zero-order valence-electron chi connectivity index (χ0n) is 34.3. The van der Waals surface area contributed by atoms with Crippen LogP contribution in [0.15, 0.2) is 157 Å². The maximum Gasteiger partial charge on any atom is 0.186 e. The van der Waals surface area contributed by atoms with Crippen LogP contribution in [0.2, 0.25) is 5.02 Å². The van der Waals surface area contributed by atoms with E-state index in [2.05, 4.69) is 74.1 Å². The molecule has 2 aliphatic rings. The lowest BCUT2D eigenvalue weighted by Gasteiger charge is -2.31. The summed E-state index contributed by atoms with van der Waals surface area (Å²) in [5.41, 5.74) is 8.57. The van der Waals surface area contributed by atoms with Gasteiger partial charge in [-0.15, -0.1) is 5.11 Å². The van der Waals surface area contributed by atoms with E-state index >= 15 is 0 Å². The fraction of sp³-hybridized carbons (Fsp3) is 0.333. The van der Waals surface area contributed by atoms with Crippen LogP contribution in [0, 0.1) is 21.7 Å². The molecule has 2 aliphatic carbocycles. The molecule has 0 radical (unpaired) electrons. The molecule has 0 bridgehead atoms. The normalized spacial score (nSPS) is 16.0. The molecular weight excluding hydrogens is 700 g/mol. The smallest absolute Gasteiger partial charge is 0.186 e. The molecule has 3 aromatic rings.